The second-order valence-electron chi connectivity index (χ2n) is 12.2. The number of nitrogens with one attached hydrogen (secondary N) is 1. The second-order valence-corrected chi connectivity index (χ2v) is 12.2. The standard InChI is InChI=1S/C38H55NO10/c1-4-7-9-12-15-18-30(40)19-16-13-10-11-14-17-20-32(38(47,37(45)46)28-34(41)42)35(43)39-33(36(44)49-25-6-3)27-29-21-23-31(24-22-29)48-26-8-5-2/h17,20-24,32-33,47H,4,6-7,9-16,18-19,25-28H2,1-3H3,(H,39,43)(H,41,42)(H,45,46)/t32-,33+,38+/m1/s1. The van der Waals surface area contributed by atoms with E-state index >= 15 is 0 Å². The molecule has 272 valence electrons. The van der Waals surface area contributed by atoms with Crippen molar-refractivity contribution in [2.24, 2.45) is 5.92 Å². The number of carboxylic acid groups (broad SMARTS) is 2. The van der Waals surface area contributed by atoms with E-state index < -0.39 is 47.8 Å². The Morgan fingerprint density at radius 2 is 1.53 bits per heavy atom. The number of aliphatic hydroxyl groups is 1. The van der Waals surface area contributed by atoms with Crippen LogP contribution in [0.2, 0.25) is 0 Å². The normalized spacial score (nSPS) is 13.4. The molecule has 0 spiro atoms. The summed E-state index contributed by atoms with van der Waals surface area (Å²) in [6.45, 7) is 5.95. The zero-order valence-corrected chi connectivity index (χ0v) is 29.3. The van der Waals surface area contributed by atoms with E-state index in [-0.39, 0.29) is 25.4 Å². The second kappa shape index (κ2) is 24.9. The van der Waals surface area contributed by atoms with E-state index in [9.17, 15) is 39.3 Å². The molecule has 0 bridgehead atoms. The Morgan fingerprint density at radius 1 is 0.898 bits per heavy atom. The van der Waals surface area contributed by atoms with Gasteiger partial charge in [-0.25, -0.2) is 9.59 Å². The molecule has 3 atom stereocenters. The lowest BCUT2D eigenvalue weighted by molar-refractivity contribution is -0.172. The average molecular weight is 686 g/mol. The fraction of sp³-hybridized carbons (Fsp3) is 0.605. The topological polar surface area (TPSA) is 177 Å². The summed E-state index contributed by atoms with van der Waals surface area (Å²) in [6.07, 6.45) is 12.2. The lowest BCUT2D eigenvalue weighted by atomic mass is 9.82. The van der Waals surface area contributed by atoms with Gasteiger partial charge in [0.15, 0.2) is 5.60 Å². The third kappa shape index (κ3) is 17.7. The maximum Gasteiger partial charge on any atom is 0.337 e. The predicted molar refractivity (Wildman–Crippen MR) is 186 cm³/mol. The quantitative estimate of drug-likeness (QED) is 0.0383. The van der Waals surface area contributed by atoms with Gasteiger partial charge in [0, 0.05) is 19.3 Å². The number of hydrogen-bond donors (Lipinski definition) is 4. The van der Waals surface area contributed by atoms with Crippen LogP contribution in [0.1, 0.15) is 116 Å². The van der Waals surface area contributed by atoms with Crippen molar-refractivity contribution in [3.05, 3.63) is 42.0 Å². The molecule has 1 aromatic rings. The molecule has 0 unspecified atom stereocenters. The molecule has 0 aliphatic carbocycles. The van der Waals surface area contributed by atoms with Crippen LogP contribution in [0.15, 0.2) is 36.4 Å². The zero-order valence-electron chi connectivity index (χ0n) is 29.3. The van der Waals surface area contributed by atoms with Gasteiger partial charge in [0.2, 0.25) is 5.91 Å². The lowest BCUT2D eigenvalue weighted by Crippen LogP contribution is -2.55. The van der Waals surface area contributed by atoms with Crippen molar-refractivity contribution >= 4 is 29.6 Å². The number of esters is 1. The number of ketones is 1. The van der Waals surface area contributed by atoms with Gasteiger partial charge in [0.1, 0.15) is 24.2 Å². The van der Waals surface area contributed by atoms with Crippen LogP contribution in [-0.4, -0.2) is 69.8 Å². The highest BCUT2D eigenvalue weighted by Gasteiger charge is 2.49. The number of amides is 1. The van der Waals surface area contributed by atoms with E-state index in [1.807, 2.05) is 0 Å². The molecule has 11 nitrogen and oxygen atoms in total. The first-order valence-electron chi connectivity index (χ1n) is 17.4. The average Bonchev–Trinajstić information content (AvgIpc) is 3.06. The van der Waals surface area contributed by atoms with E-state index in [1.165, 1.54) is 25.0 Å². The Bertz CT molecular complexity index is 1260. The maximum absolute atomic E-state index is 13.6. The molecule has 0 radical (unpaired) electrons. The van der Waals surface area contributed by atoms with Crippen molar-refractivity contribution in [1.82, 2.24) is 5.32 Å². The van der Waals surface area contributed by atoms with Crippen LogP contribution < -0.4 is 10.1 Å². The summed E-state index contributed by atoms with van der Waals surface area (Å²) in [5.74, 6) is -0.779. The highest BCUT2D eigenvalue weighted by molar-refractivity contribution is 5.94. The van der Waals surface area contributed by atoms with Gasteiger partial charge in [-0.15, -0.1) is 5.92 Å². The fourth-order valence-corrected chi connectivity index (χ4v) is 5.14. The van der Waals surface area contributed by atoms with Gasteiger partial charge in [0.25, 0.3) is 0 Å². The van der Waals surface area contributed by atoms with Crippen LogP contribution in [0.3, 0.4) is 0 Å². The van der Waals surface area contributed by atoms with Crippen LogP contribution in [0, 0.1) is 17.8 Å². The lowest BCUT2D eigenvalue weighted by Gasteiger charge is -2.29. The molecule has 0 aliphatic rings. The Balaban J connectivity index is 2.97. The first kappa shape index (κ1) is 42.9. The van der Waals surface area contributed by atoms with Crippen molar-refractivity contribution in [2.45, 2.75) is 129 Å². The maximum atomic E-state index is 13.6. The summed E-state index contributed by atoms with van der Waals surface area (Å²) in [5, 5.41) is 32.8. The smallest absolute Gasteiger partial charge is 0.337 e. The first-order chi connectivity index (χ1) is 23.5. The van der Waals surface area contributed by atoms with Gasteiger partial charge in [-0.1, -0.05) is 82.6 Å². The molecule has 0 aromatic heterocycles. The van der Waals surface area contributed by atoms with E-state index in [2.05, 4.69) is 24.1 Å². The third-order valence-electron chi connectivity index (χ3n) is 7.95. The molecule has 0 fully saturated rings. The van der Waals surface area contributed by atoms with Gasteiger partial charge in [-0.3, -0.25) is 14.4 Å². The SMILES string of the molecule is CC#CCOc1ccc(C[C@H](NC(=O)[C@@H](C=CCCCCCCC(=O)CCCCCCC)[C@@](O)(CC(=O)O)C(=O)O)C(=O)OCCC)cc1. The molecule has 1 rings (SSSR count). The highest BCUT2D eigenvalue weighted by Crippen LogP contribution is 2.26. The number of benzene rings is 1. The van der Waals surface area contributed by atoms with E-state index in [0.29, 0.717) is 43.4 Å². The number of hydrogen-bond acceptors (Lipinski definition) is 8. The van der Waals surface area contributed by atoms with Crippen molar-refractivity contribution in [3.63, 3.8) is 0 Å². The Hall–Kier alpha value is -4.17. The van der Waals surface area contributed by atoms with Gasteiger partial charge < -0.3 is 30.1 Å². The zero-order chi connectivity index (χ0) is 36.5. The van der Waals surface area contributed by atoms with Crippen LogP contribution in [0.4, 0.5) is 0 Å². The number of Topliss-reactive ketones (excluding diaryl/α,β-unsaturated/α-hetero) is 1. The van der Waals surface area contributed by atoms with Crippen LogP contribution in [0.5, 0.6) is 5.75 Å². The molecule has 0 heterocycles. The minimum absolute atomic E-state index is 0.0223. The Kier molecular flexibility index (Phi) is 21.8. The molecule has 0 aliphatic heterocycles. The largest absolute Gasteiger partial charge is 0.481 e. The Labute approximate surface area is 290 Å². The first-order valence-corrected chi connectivity index (χ1v) is 17.4. The number of allylic oxidation sites excluding steroid dienone is 1. The number of carbonyl (C=O) groups is 5. The molecule has 0 saturated heterocycles. The van der Waals surface area contributed by atoms with Crippen molar-refractivity contribution < 1.29 is 48.8 Å². The highest BCUT2D eigenvalue weighted by atomic mass is 16.5. The summed E-state index contributed by atoms with van der Waals surface area (Å²) in [5.41, 5.74) is -2.35. The summed E-state index contributed by atoms with van der Waals surface area (Å²) in [7, 11) is 0. The predicted octanol–water partition coefficient (Wildman–Crippen LogP) is 5.80. The van der Waals surface area contributed by atoms with Gasteiger partial charge >= 0.3 is 17.9 Å². The van der Waals surface area contributed by atoms with Crippen molar-refractivity contribution in [1.29, 1.82) is 0 Å². The molecular formula is C38H55NO10. The van der Waals surface area contributed by atoms with E-state index in [1.54, 1.807) is 38.1 Å². The summed E-state index contributed by atoms with van der Waals surface area (Å²) < 4.78 is 10.8. The number of ether oxygens (including phenoxy) is 2. The fourth-order valence-electron chi connectivity index (χ4n) is 5.14. The minimum Gasteiger partial charge on any atom is -0.481 e. The number of carboxylic acids is 2. The molecule has 0 saturated carbocycles. The van der Waals surface area contributed by atoms with Gasteiger partial charge in [0.05, 0.1) is 18.9 Å². The van der Waals surface area contributed by atoms with Crippen LogP contribution in [-0.2, 0) is 35.1 Å². The van der Waals surface area contributed by atoms with E-state index in [4.69, 9.17) is 9.47 Å². The summed E-state index contributed by atoms with van der Waals surface area (Å²) >= 11 is 0. The monoisotopic (exact) mass is 685 g/mol. The summed E-state index contributed by atoms with van der Waals surface area (Å²) in [4.78, 5) is 62.5. The molecule has 1 amide bonds. The molecular weight excluding hydrogens is 630 g/mol. The third-order valence-corrected chi connectivity index (χ3v) is 7.95. The minimum atomic E-state index is -2.98. The van der Waals surface area contributed by atoms with Gasteiger partial charge in [-0.05, 0) is 56.7 Å². The number of carbonyl (C=O) groups excluding carboxylic acids is 3. The van der Waals surface area contributed by atoms with E-state index in [0.717, 1.165) is 38.5 Å². The molecule has 11 heteroatoms. The Morgan fingerprint density at radius 3 is 2.10 bits per heavy atom. The molecule has 49 heavy (non-hydrogen) atoms. The molecule has 1 aromatic carbocycles. The molecule has 4 N–H and O–H groups in total. The van der Waals surface area contributed by atoms with Crippen molar-refractivity contribution in [3.8, 4) is 17.6 Å². The van der Waals surface area contributed by atoms with Crippen molar-refractivity contribution in [2.75, 3.05) is 13.2 Å². The van der Waals surface area contributed by atoms with Crippen LogP contribution in [0.25, 0.3) is 0 Å². The van der Waals surface area contributed by atoms with Crippen LogP contribution >= 0.6 is 0 Å². The number of unbranched alkanes of at least 4 members (excludes halogenated alkanes) is 8. The number of rotatable bonds is 27. The van der Waals surface area contributed by atoms with Gasteiger partial charge in [-0.2, -0.15) is 0 Å². The number of aliphatic carboxylic acids is 2. The summed E-state index contributed by atoms with van der Waals surface area (Å²) in [6, 6.07) is 5.49.